The van der Waals surface area contributed by atoms with E-state index in [0.717, 1.165) is 24.8 Å². The molecule has 4 unspecified atom stereocenters. The molecule has 1 aromatic rings. The van der Waals surface area contributed by atoms with Gasteiger partial charge in [-0.25, -0.2) is 4.39 Å². The van der Waals surface area contributed by atoms with E-state index in [9.17, 15) is 4.39 Å². The maximum atomic E-state index is 13.5. The molecule has 0 aliphatic carbocycles. The van der Waals surface area contributed by atoms with E-state index in [0.29, 0.717) is 24.5 Å². The van der Waals surface area contributed by atoms with Crippen LogP contribution < -0.4 is 11.3 Å². The van der Waals surface area contributed by atoms with Crippen molar-refractivity contribution in [3.05, 3.63) is 34.6 Å². The van der Waals surface area contributed by atoms with Gasteiger partial charge in [-0.15, -0.1) is 0 Å². The van der Waals surface area contributed by atoms with Crippen LogP contribution in [0.25, 0.3) is 0 Å². The smallest absolute Gasteiger partial charge is 0.142 e. The third-order valence-electron chi connectivity index (χ3n) is 4.32. The number of rotatable bonds is 4. The van der Waals surface area contributed by atoms with Crippen LogP contribution >= 0.6 is 11.6 Å². The van der Waals surface area contributed by atoms with E-state index in [2.05, 4.69) is 5.43 Å². The molecular weight excluding hydrogens is 267 g/mol. The number of nitrogens with one attached hydrogen (secondary N) is 1. The molecule has 3 nitrogen and oxygen atoms in total. The van der Waals surface area contributed by atoms with Crippen molar-refractivity contribution in [1.29, 1.82) is 0 Å². The van der Waals surface area contributed by atoms with Crippen LogP contribution in [0, 0.1) is 11.7 Å². The molecule has 1 aromatic carbocycles. The first kappa shape index (κ1) is 13.3. The van der Waals surface area contributed by atoms with E-state index in [1.807, 2.05) is 6.07 Å². The van der Waals surface area contributed by atoms with Gasteiger partial charge in [-0.1, -0.05) is 17.7 Å². The van der Waals surface area contributed by atoms with Crippen LogP contribution in [0.2, 0.25) is 5.02 Å². The number of nitrogens with two attached hydrogens (primary N) is 1. The largest absolute Gasteiger partial charge is 0.375 e. The minimum absolute atomic E-state index is 0.121. The van der Waals surface area contributed by atoms with Gasteiger partial charge in [-0.2, -0.15) is 0 Å². The van der Waals surface area contributed by atoms with Gasteiger partial charge in [-0.05, 0) is 43.4 Å². The average Bonchev–Trinajstić information content (AvgIpc) is 3.02. The summed E-state index contributed by atoms with van der Waals surface area (Å²) in [5, 5.41) is 0.157. The van der Waals surface area contributed by atoms with Crippen molar-refractivity contribution >= 4 is 11.6 Å². The summed E-state index contributed by atoms with van der Waals surface area (Å²) >= 11 is 5.69. The molecule has 2 saturated heterocycles. The number of benzene rings is 1. The van der Waals surface area contributed by atoms with E-state index in [1.165, 1.54) is 6.07 Å². The molecule has 0 amide bonds. The fraction of sp³-hybridized carbons (Fsp3) is 0.571. The lowest BCUT2D eigenvalue weighted by molar-refractivity contribution is 0.0857. The predicted octanol–water partition coefficient (Wildman–Crippen LogP) is 2.42. The Balaban J connectivity index is 1.71. The average molecular weight is 285 g/mol. The number of hydrazine groups is 1. The molecule has 2 aliphatic rings. The lowest BCUT2D eigenvalue weighted by atomic mass is 9.82. The maximum Gasteiger partial charge on any atom is 0.142 e. The SMILES string of the molecule is NNC(Cc1ccc(Cl)c(F)c1)C1CC2CCC1O2. The molecule has 2 aliphatic heterocycles. The third kappa shape index (κ3) is 2.63. The quantitative estimate of drug-likeness (QED) is 0.659. The van der Waals surface area contributed by atoms with Crippen LogP contribution in [-0.4, -0.2) is 18.2 Å². The first-order valence-electron chi connectivity index (χ1n) is 6.73. The lowest BCUT2D eigenvalue weighted by Gasteiger charge is -2.28. The van der Waals surface area contributed by atoms with E-state index in [-0.39, 0.29) is 16.9 Å². The molecule has 0 saturated carbocycles. The Labute approximate surface area is 117 Å². The zero-order chi connectivity index (χ0) is 13.4. The van der Waals surface area contributed by atoms with Gasteiger partial charge in [0.05, 0.1) is 17.2 Å². The standard InChI is InChI=1S/C14H18ClFN2O/c15-11-3-1-8(5-12(11)16)6-13(18-17)10-7-9-2-4-14(10)19-9/h1,3,5,9-10,13-14,18H,2,4,6-7,17H2. The molecule has 104 valence electrons. The Morgan fingerprint density at radius 3 is 2.89 bits per heavy atom. The van der Waals surface area contributed by atoms with Gasteiger partial charge in [-0.3, -0.25) is 11.3 Å². The summed E-state index contributed by atoms with van der Waals surface area (Å²) in [7, 11) is 0. The second kappa shape index (κ2) is 5.37. The van der Waals surface area contributed by atoms with Gasteiger partial charge in [0.15, 0.2) is 0 Å². The van der Waals surface area contributed by atoms with Gasteiger partial charge in [0.2, 0.25) is 0 Å². The van der Waals surface area contributed by atoms with Crippen molar-refractivity contribution in [2.24, 2.45) is 11.8 Å². The van der Waals surface area contributed by atoms with Crippen LogP contribution in [0.1, 0.15) is 24.8 Å². The molecule has 0 aromatic heterocycles. The van der Waals surface area contributed by atoms with E-state index in [1.54, 1.807) is 6.07 Å². The van der Waals surface area contributed by atoms with Gasteiger partial charge >= 0.3 is 0 Å². The van der Waals surface area contributed by atoms with Gasteiger partial charge < -0.3 is 4.74 Å². The van der Waals surface area contributed by atoms with Crippen molar-refractivity contribution in [3.63, 3.8) is 0 Å². The first-order chi connectivity index (χ1) is 9.17. The molecule has 2 bridgehead atoms. The Morgan fingerprint density at radius 1 is 1.47 bits per heavy atom. The van der Waals surface area contributed by atoms with Gasteiger partial charge in [0, 0.05) is 12.0 Å². The molecule has 3 N–H and O–H groups in total. The number of halogens is 2. The molecule has 4 atom stereocenters. The molecule has 19 heavy (non-hydrogen) atoms. The fourth-order valence-corrected chi connectivity index (χ4v) is 3.47. The highest BCUT2D eigenvalue weighted by molar-refractivity contribution is 6.30. The highest BCUT2D eigenvalue weighted by Crippen LogP contribution is 2.40. The van der Waals surface area contributed by atoms with E-state index < -0.39 is 0 Å². The van der Waals surface area contributed by atoms with Crippen LogP contribution in [-0.2, 0) is 11.2 Å². The Bertz CT molecular complexity index is 471. The molecular formula is C14H18ClFN2O. The van der Waals surface area contributed by atoms with Gasteiger partial charge in [0.1, 0.15) is 5.82 Å². The number of fused-ring (bicyclic) bond motifs is 2. The lowest BCUT2D eigenvalue weighted by Crippen LogP contribution is -2.45. The highest BCUT2D eigenvalue weighted by atomic mass is 35.5. The normalized spacial score (nSPS) is 30.8. The molecule has 5 heteroatoms. The van der Waals surface area contributed by atoms with E-state index >= 15 is 0 Å². The van der Waals surface area contributed by atoms with Crippen LogP contribution in [0.5, 0.6) is 0 Å². The molecule has 2 fully saturated rings. The second-order valence-corrected chi connectivity index (χ2v) is 5.91. The topological polar surface area (TPSA) is 47.3 Å². The minimum atomic E-state index is -0.376. The van der Waals surface area contributed by atoms with Crippen molar-refractivity contribution in [3.8, 4) is 0 Å². The van der Waals surface area contributed by atoms with Crippen molar-refractivity contribution in [2.75, 3.05) is 0 Å². The molecule has 0 spiro atoms. The molecule has 3 rings (SSSR count). The first-order valence-corrected chi connectivity index (χ1v) is 7.10. The maximum absolute atomic E-state index is 13.5. The second-order valence-electron chi connectivity index (χ2n) is 5.50. The molecule has 2 heterocycles. The Hall–Kier alpha value is -0.680. The molecule has 0 radical (unpaired) electrons. The zero-order valence-corrected chi connectivity index (χ0v) is 11.4. The number of ether oxygens (including phenoxy) is 1. The fourth-order valence-electron chi connectivity index (χ4n) is 3.35. The van der Waals surface area contributed by atoms with Crippen LogP contribution in [0.15, 0.2) is 18.2 Å². The summed E-state index contributed by atoms with van der Waals surface area (Å²) in [6.07, 6.45) is 4.73. The summed E-state index contributed by atoms with van der Waals surface area (Å²) < 4.78 is 19.3. The Morgan fingerprint density at radius 2 is 2.32 bits per heavy atom. The van der Waals surface area contributed by atoms with Crippen LogP contribution in [0.4, 0.5) is 4.39 Å². The van der Waals surface area contributed by atoms with Gasteiger partial charge in [0.25, 0.3) is 0 Å². The predicted molar refractivity (Wildman–Crippen MR) is 72.2 cm³/mol. The summed E-state index contributed by atoms with van der Waals surface area (Å²) in [5.41, 5.74) is 3.79. The summed E-state index contributed by atoms with van der Waals surface area (Å²) in [5.74, 6) is 5.72. The van der Waals surface area contributed by atoms with E-state index in [4.69, 9.17) is 22.2 Å². The minimum Gasteiger partial charge on any atom is -0.375 e. The summed E-state index contributed by atoms with van der Waals surface area (Å²) in [6, 6.07) is 5.05. The Kier molecular flexibility index (Phi) is 3.76. The number of hydrogen-bond acceptors (Lipinski definition) is 3. The monoisotopic (exact) mass is 284 g/mol. The van der Waals surface area contributed by atoms with Crippen molar-refractivity contribution in [1.82, 2.24) is 5.43 Å². The van der Waals surface area contributed by atoms with Crippen molar-refractivity contribution < 1.29 is 9.13 Å². The summed E-state index contributed by atoms with van der Waals surface area (Å²) in [6.45, 7) is 0. The van der Waals surface area contributed by atoms with Crippen molar-refractivity contribution in [2.45, 2.75) is 43.9 Å². The zero-order valence-electron chi connectivity index (χ0n) is 10.6. The van der Waals surface area contributed by atoms with Crippen LogP contribution in [0.3, 0.4) is 0 Å². The number of hydrogen-bond donors (Lipinski definition) is 2. The third-order valence-corrected chi connectivity index (χ3v) is 4.63. The highest BCUT2D eigenvalue weighted by Gasteiger charge is 2.44. The summed E-state index contributed by atoms with van der Waals surface area (Å²) in [4.78, 5) is 0.